The van der Waals surface area contributed by atoms with E-state index in [1.807, 2.05) is 13.0 Å². The summed E-state index contributed by atoms with van der Waals surface area (Å²) < 4.78 is 14.8. The zero-order valence-electron chi connectivity index (χ0n) is 23.5. The molecule has 3 fully saturated rings. The fourth-order valence-electron chi connectivity index (χ4n) is 7.90. The van der Waals surface area contributed by atoms with Crippen LogP contribution in [-0.4, -0.2) is 28.7 Å². The Kier molecular flexibility index (Phi) is 6.15. The van der Waals surface area contributed by atoms with E-state index < -0.39 is 52.5 Å². The quantitative estimate of drug-likeness (QED) is 0.298. The first-order valence-electron chi connectivity index (χ1n) is 14.3. The maximum atomic E-state index is 14.8. The number of carbonyl (C=O) groups is 4. The number of fused-ring (bicyclic) bond motifs is 4. The van der Waals surface area contributed by atoms with Crippen LogP contribution in [0.1, 0.15) is 36.8 Å². The topological polar surface area (TPSA) is 95.0 Å². The van der Waals surface area contributed by atoms with Crippen LogP contribution >= 0.6 is 11.6 Å². The zero-order chi connectivity index (χ0) is 30.4. The third-order valence-electron chi connectivity index (χ3n) is 10.0. The number of anilines is 2. The van der Waals surface area contributed by atoms with Gasteiger partial charge in [-0.1, -0.05) is 53.6 Å². The number of allylic oxidation sites excluding steroid dienone is 2. The van der Waals surface area contributed by atoms with Crippen molar-refractivity contribution in [2.75, 3.05) is 9.80 Å². The second-order valence-corrected chi connectivity index (χ2v) is 12.6. The lowest BCUT2D eigenvalue weighted by molar-refractivity contribution is -0.131. The largest absolute Gasteiger partial charge is 0.505 e. The van der Waals surface area contributed by atoms with E-state index in [1.165, 1.54) is 21.9 Å². The first-order valence-corrected chi connectivity index (χ1v) is 14.7. The number of benzene rings is 3. The van der Waals surface area contributed by atoms with Gasteiger partial charge >= 0.3 is 0 Å². The summed E-state index contributed by atoms with van der Waals surface area (Å²) >= 11 is 6.35. The molecule has 0 aromatic heterocycles. The lowest BCUT2D eigenvalue weighted by atomic mass is 9.51. The summed E-state index contributed by atoms with van der Waals surface area (Å²) in [6.45, 7) is 3.57. The van der Waals surface area contributed by atoms with Gasteiger partial charge in [0, 0.05) is 10.9 Å². The third-order valence-corrected chi connectivity index (χ3v) is 10.4. The minimum Gasteiger partial charge on any atom is -0.505 e. The standard InChI is InChI=1S/C34H28ClFN2O5/c1-17-8-10-20(15-25(17)35)37-30(40)22-12-11-21-23(28(22)32(37)42)16-24-31(41)38(19-6-4-3-5-7-19)33(43)34(24,2)29(21)18-9-13-27(39)26(36)14-18/h3-11,13-15,22-24,28-29,39H,12,16H2,1-2H3. The molecule has 0 spiro atoms. The number of aromatic hydroxyl groups is 1. The number of aryl methyl sites for hydroxylation is 1. The number of phenolic OH excluding ortho intramolecular Hbond substituents is 1. The van der Waals surface area contributed by atoms with Crippen molar-refractivity contribution in [3.63, 3.8) is 0 Å². The fraction of sp³-hybridized carbons (Fsp3) is 0.294. The normalized spacial score (nSPS) is 29.9. The highest BCUT2D eigenvalue weighted by atomic mass is 35.5. The van der Waals surface area contributed by atoms with Gasteiger partial charge in [0.05, 0.1) is 34.5 Å². The summed E-state index contributed by atoms with van der Waals surface area (Å²) in [6, 6.07) is 17.7. The summed E-state index contributed by atoms with van der Waals surface area (Å²) in [5, 5.41) is 10.4. The average molecular weight is 599 g/mol. The highest BCUT2D eigenvalue weighted by molar-refractivity contribution is 6.32. The number of hydrogen-bond donors (Lipinski definition) is 1. The Bertz CT molecular complexity index is 1770. The van der Waals surface area contributed by atoms with Gasteiger partial charge in [0.1, 0.15) is 0 Å². The lowest BCUT2D eigenvalue weighted by Crippen LogP contribution is -2.48. The van der Waals surface area contributed by atoms with Crippen molar-refractivity contribution >= 4 is 46.6 Å². The van der Waals surface area contributed by atoms with Gasteiger partial charge in [0.15, 0.2) is 11.6 Å². The van der Waals surface area contributed by atoms with Crippen molar-refractivity contribution < 1.29 is 28.7 Å². The molecule has 2 heterocycles. The van der Waals surface area contributed by atoms with E-state index in [0.717, 1.165) is 11.1 Å². The van der Waals surface area contributed by atoms with Gasteiger partial charge in [-0.15, -0.1) is 0 Å². The molecule has 2 aliphatic carbocycles. The van der Waals surface area contributed by atoms with Crippen LogP contribution in [0, 0.1) is 41.8 Å². The molecule has 4 aliphatic rings. The van der Waals surface area contributed by atoms with Crippen LogP contribution in [0.2, 0.25) is 5.02 Å². The molecule has 43 heavy (non-hydrogen) atoms. The Morgan fingerprint density at radius 2 is 1.63 bits per heavy atom. The summed E-state index contributed by atoms with van der Waals surface area (Å²) in [5.74, 6) is -6.38. The average Bonchev–Trinajstić information content (AvgIpc) is 3.36. The Labute approximate surface area is 252 Å². The van der Waals surface area contributed by atoms with E-state index in [1.54, 1.807) is 61.5 Å². The Morgan fingerprint density at radius 3 is 2.33 bits per heavy atom. The van der Waals surface area contributed by atoms with Crippen molar-refractivity contribution in [3.8, 4) is 5.75 Å². The van der Waals surface area contributed by atoms with Gasteiger partial charge in [-0.3, -0.25) is 19.2 Å². The summed E-state index contributed by atoms with van der Waals surface area (Å²) in [7, 11) is 0. The molecule has 2 aliphatic heterocycles. The van der Waals surface area contributed by atoms with Gasteiger partial charge in [0.2, 0.25) is 23.6 Å². The first-order chi connectivity index (χ1) is 20.5. The smallest absolute Gasteiger partial charge is 0.241 e. The number of amides is 4. The molecule has 6 atom stereocenters. The predicted octanol–water partition coefficient (Wildman–Crippen LogP) is 5.93. The second-order valence-electron chi connectivity index (χ2n) is 12.2. The molecule has 9 heteroatoms. The van der Waals surface area contributed by atoms with Gasteiger partial charge in [-0.25, -0.2) is 14.2 Å². The van der Waals surface area contributed by atoms with Crippen LogP contribution in [0.3, 0.4) is 0 Å². The van der Waals surface area contributed by atoms with Crippen molar-refractivity contribution in [2.24, 2.45) is 29.1 Å². The number of carbonyl (C=O) groups excluding carboxylic acids is 4. The molecule has 6 unspecified atom stereocenters. The number of halogens is 2. The minimum atomic E-state index is -1.29. The van der Waals surface area contributed by atoms with Crippen molar-refractivity contribution in [2.45, 2.75) is 32.6 Å². The van der Waals surface area contributed by atoms with Gasteiger partial charge in [-0.2, -0.15) is 0 Å². The molecule has 218 valence electrons. The Morgan fingerprint density at radius 1 is 0.884 bits per heavy atom. The Balaban J connectivity index is 1.37. The molecule has 7 rings (SSSR count). The number of phenols is 1. The SMILES string of the molecule is Cc1ccc(N2C(=O)C3CC=C4C(CC5C(=O)N(c6ccccc6)C(=O)C5(C)C4c4ccc(O)c(F)c4)C3C2=O)cc1Cl. The van der Waals surface area contributed by atoms with Gasteiger partial charge in [0.25, 0.3) is 0 Å². The van der Waals surface area contributed by atoms with Crippen LogP contribution in [-0.2, 0) is 19.2 Å². The van der Waals surface area contributed by atoms with Crippen molar-refractivity contribution in [1.29, 1.82) is 0 Å². The van der Waals surface area contributed by atoms with E-state index in [0.29, 0.717) is 22.0 Å². The molecular formula is C34H28ClFN2O5. The minimum absolute atomic E-state index is 0.190. The third kappa shape index (κ3) is 3.78. The summed E-state index contributed by atoms with van der Waals surface area (Å²) in [4.78, 5) is 58.7. The van der Waals surface area contributed by atoms with Crippen LogP contribution in [0.4, 0.5) is 15.8 Å². The second kappa shape index (κ2) is 9.61. The molecule has 3 aromatic carbocycles. The van der Waals surface area contributed by atoms with Crippen LogP contribution < -0.4 is 9.80 Å². The number of hydrogen-bond acceptors (Lipinski definition) is 5. The molecule has 0 bridgehead atoms. The molecule has 4 amide bonds. The van der Waals surface area contributed by atoms with Gasteiger partial charge < -0.3 is 5.11 Å². The van der Waals surface area contributed by atoms with Crippen LogP contribution in [0.5, 0.6) is 5.75 Å². The maximum absolute atomic E-state index is 14.8. The summed E-state index contributed by atoms with van der Waals surface area (Å²) in [5.41, 5.74) is 1.52. The maximum Gasteiger partial charge on any atom is 0.241 e. The van der Waals surface area contributed by atoms with E-state index in [-0.39, 0.29) is 30.6 Å². The van der Waals surface area contributed by atoms with Crippen LogP contribution in [0.15, 0.2) is 78.4 Å². The van der Waals surface area contributed by atoms with E-state index >= 15 is 0 Å². The first kappa shape index (κ1) is 27.5. The zero-order valence-corrected chi connectivity index (χ0v) is 24.2. The predicted molar refractivity (Wildman–Crippen MR) is 158 cm³/mol. The molecule has 7 nitrogen and oxygen atoms in total. The molecule has 3 aromatic rings. The molecular weight excluding hydrogens is 571 g/mol. The lowest BCUT2D eigenvalue weighted by Gasteiger charge is -2.49. The fourth-order valence-corrected chi connectivity index (χ4v) is 8.07. The van der Waals surface area contributed by atoms with E-state index in [4.69, 9.17) is 11.6 Å². The molecule has 1 N–H and O–H groups in total. The van der Waals surface area contributed by atoms with Crippen molar-refractivity contribution in [3.05, 3.63) is 100 Å². The number of nitrogens with zero attached hydrogens (tertiary/aromatic N) is 2. The summed E-state index contributed by atoms with van der Waals surface area (Å²) in [6.07, 6.45) is 2.36. The molecule has 1 saturated carbocycles. The van der Waals surface area contributed by atoms with Crippen molar-refractivity contribution in [1.82, 2.24) is 0 Å². The Hall–Kier alpha value is -4.30. The highest BCUT2D eigenvalue weighted by Crippen LogP contribution is 2.63. The van der Waals surface area contributed by atoms with E-state index in [9.17, 15) is 28.7 Å². The van der Waals surface area contributed by atoms with Crippen LogP contribution in [0.25, 0.3) is 0 Å². The molecule has 0 radical (unpaired) electrons. The van der Waals surface area contributed by atoms with Gasteiger partial charge in [-0.05, 0) is 80.1 Å². The number of imide groups is 2. The monoisotopic (exact) mass is 598 g/mol. The van der Waals surface area contributed by atoms with E-state index in [2.05, 4.69) is 0 Å². The molecule has 2 saturated heterocycles. The highest BCUT2D eigenvalue weighted by Gasteiger charge is 2.67. The number of para-hydroxylation sites is 1. The number of rotatable bonds is 3.